The van der Waals surface area contributed by atoms with Crippen molar-refractivity contribution in [2.45, 2.75) is 12.8 Å². The Morgan fingerprint density at radius 2 is 1.55 bits per heavy atom. The average Bonchev–Trinajstić information content (AvgIpc) is 2.75. The predicted molar refractivity (Wildman–Crippen MR) is 124 cm³/mol. The van der Waals surface area contributed by atoms with Gasteiger partial charge in [0, 0.05) is 17.2 Å². The van der Waals surface area contributed by atoms with Gasteiger partial charge in [-0.25, -0.2) is 4.79 Å². The predicted octanol–water partition coefficient (Wildman–Crippen LogP) is 5.84. The first-order valence-corrected chi connectivity index (χ1v) is 9.86. The van der Waals surface area contributed by atoms with E-state index in [1.165, 1.54) is 6.08 Å². The fourth-order valence-electron chi connectivity index (χ4n) is 3.20. The maximum absolute atomic E-state index is 12.5. The number of benzene rings is 3. The Balaban J connectivity index is 1.95. The van der Waals surface area contributed by atoms with Gasteiger partial charge in [0.1, 0.15) is 17.2 Å². The molecule has 0 aliphatic carbocycles. The molecule has 4 nitrogen and oxygen atoms in total. The topological polar surface area (TPSA) is 66.8 Å². The van der Waals surface area contributed by atoms with Gasteiger partial charge >= 0.3 is 5.97 Å². The summed E-state index contributed by atoms with van der Waals surface area (Å²) >= 11 is 0. The Morgan fingerprint density at radius 1 is 0.871 bits per heavy atom. The number of ether oxygens (including phenoxy) is 1. The molecule has 0 heterocycles. The fraction of sp³-hybridized carbons (Fsp3) is 0.0741. The summed E-state index contributed by atoms with van der Waals surface area (Å²) in [5.41, 5.74) is 3.83. The molecule has 0 atom stereocenters. The number of esters is 1. The van der Waals surface area contributed by atoms with Gasteiger partial charge in [0.05, 0.1) is 0 Å². The highest BCUT2D eigenvalue weighted by Crippen LogP contribution is 2.37. The van der Waals surface area contributed by atoms with Crippen molar-refractivity contribution >= 4 is 12.0 Å². The van der Waals surface area contributed by atoms with Crippen LogP contribution in [0.2, 0.25) is 0 Å². The minimum Gasteiger partial charge on any atom is -0.508 e. The molecule has 3 rings (SSSR count). The van der Waals surface area contributed by atoms with Crippen LogP contribution in [0.25, 0.3) is 17.2 Å². The molecule has 3 aromatic rings. The average molecular weight is 412 g/mol. The van der Waals surface area contributed by atoms with Crippen molar-refractivity contribution in [3.05, 3.63) is 109 Å². The quantitative estimate of drug-likeness (QED) is 0.211. The number of aromatic hydroxyl groups is 2. The largest absolute Gasteiger partial charge is 0.508 e. The molecule has 0 aromatic heterocycles. The van der Waals surface area contributed by atoms with Gasteiger partial charge in [0.15, 0.2) is 0 Å². The summed E-state index contributed by atoms with van der Waals surface area (Å²) in [4.78, 5) is 12.5. The van der Waals surface area contributed by atoms with E-state index in [1.54, 1.807) is 54.6 Å². The van der Waals surface area contributed by atoms with Gasteiger partial charge < -0.3 is 14.9 Å². The Bertz CT molecular complexity index is 1140. The molecular weight excluding hydrogens is 388 g/mol. The smallest absolute Gasteiger partial charge is 0.336 e. The Morgan fingerprint density at radius 3 is 2.23 bits per heavy atom. The number of rotatable bonds is 8. The fourth-order valence-corrected chi connectivity index (χ4v) is 3.20. The van der Waals surface area contributed by atoms with Crippen LogP contribution in [0.3, 0.4) is 0 Å². The maximum Gasteiger partial charge on any atom is 0.336 e. The monoisotopic (exact) mass is 412 g/mol. The molecule has 0 radical (unpaired) electrons. The van der Waals surface area contributed by atoms with Gasteiger partial charge in [-0.3, -0.25) is 0 Å². The van der Waals surface area contributed by atoms with Crippen molar-refractivity contribution in [2.24, 2.45) is 0 Å². The van der Waals surface area contributed by atoms with Gasteiger partial charge in [-0.05, 0) is 72.0 Å². The molecule has 0 unspecified atom stereocenters. The third-order valence-corrected chi connectivity index (χ3v) is 4.65. The molecule has 3 aromatic carbocycles. The summed E-state index contributed by atoms with van der Waals surface area (Å²) in [7, 11) is 0. The van der Waals surface area contributed by atoms with Crippen LogP contribution in [0.5, 0.6) is 17.2 Å². The summed E-state index contributed by atoms with van der Waals surface area (Å²) in [6.07, 6.45) is 7.74. The van der Waals surface area contributed by atoms with Crippen LogP contribution in [0.15, 0.2) is 92.0 Å². The minimum atomic E-state index is -0.567. The lowest BCUT2D eigenvalue weighted by atomic mass is 9.97. The lowest BCUT2D eigenvalue weighted by Crippen LogP contribution is -2.05. The number of allylic oxidation sites excluding steroid dienone is 2. The summed E-state index contributed by atoms with van der Waals surface area (Å²) in [5.74, 6) is -0.0196. The molecule has 156 valence electrons. The zero-order valence-corrected chi connectivity index (χ0v) is 17.1. The van der Waals surface area contributed by atoms with Crippen molar-refractivity contribution in [3.63, 3.8) is 0 Å². The molecule has 0 fully saturated rings. The van der Waals surface area contributed by atoms with E-state index in [9.17, 15) is 15.0 Å². The van der Waals surface area contributed by atoms with Gasteiger partial charge in [-0.2, -0.15) is 0 Å². The Kier molecular flexibility index (Phi) is 7.07. The van der Waals surface area contributed by atoms with E-state index >= 15 is 0 Å². The third-order valence-electron chi connectivity index (χ3n) is 4.65. The molecule has 0 aliphatic rings. The second kappa shape index (κ2) is 10.1. The first kappa shape index (κ1) is 21.7. The van der Waals surface area contributed by atoms with Crippen LogP contribution in [-0.4, -0.2) is 16.2 Å². The molecule has 0 spiro atoms. The lowest BCUT2D eigenvalue weighted by molar-refractivity contribution is -0.128. The summed E-state index contributed by atoms with van der Waals surface area (Å²) in [6.45, 7) is 7.53. The summed E-state index contributed by atoms with van der Waals surface area (Å²) in [5, 5.41) is 20.0. The highest BCUT2D eigenvalue weighted by atomic mass is 16.5. The second-order valence-corrected chi connectivity index (χ2v) is 7.02. The van der Waals surface area contributed by atoms with Crippen molar-refractivity contribution in [1.82, 2.24) is 0 Å². The van der Waals surface area contributed by atoms with E-state index in [-0.39, 0.29) is 11.5 Å². The van der Waals surface area contributed by atoms with Crippen LogP contribution >= 0.6 is 0 Å². The second-order valence-electron chi connectivity index (χ2n) is 7.02. The Hall–Kier alpha value is -4.05. The molecule has 0 aliphatic heterocycles. The van der Waals surface area contributed by atoms with Crippen molar-refractivity contribution in [1.29, 1.82) is 0 Å². The number of carbonyl (C=O) groups excluding carboxylic acids is 1. The van der Waals surface area contributed by atoms with Crippen molar-refractivity contribution in [2.75, 3.05) is 0 Å². The number of carbonyl (C=O) groups is 1. The van der Waals surface area contributed by atoms with E-state index < -0.39 is 5.97 Å². The number of hydrogen-bond acceptors (Lipinski definition) is 4. The minimum absolute atomic E-state index is 0.0937. The SMILES string of the molecule is C=CCc1ccc(O)c(-c2cc(CC=C)ccc2OC(=O)/C=C/c2cccc(O)c2)c1. The zero-order chi connectivity index (χ0) is 22.2. The van der Waals surface area contributed by atoms with Crippen LogP contribution in [0, 0.1) is 0 Å². The van der Waals surface area contributed by atoms with E-state index in [1.807, 2.05) is 24.3 Å². The number of phenols is 2. The highest BCUT2D eigenvalue weighted by molar-refractivity contribution is 5.90. The summed E-state index contributed by atoms with van der Waals surface area (Å²) < 4.78 is 5.59. The highest BCUT2D eigenvalue weighted by Gasteiger charge is 2.14. The van der Waals surface area contributed by atoms with E-state index in [0.29, 0.717) is 35.3 Å². The zero-order valence-electron chi connectivity index (χ0n) is 17.1. The number of hydrogen-bond donors (Lipinski definition) is 2. The summed E-state index contributed by atoms with van der Waals surface area (Å²) in [6, 6.07) is 17.3. The molecule has 4 heteroatoms. The van der Waals surface area contributed by atoms with Crippen molar-refractivity contribution in [3.8, 4) is 28.4 Å². The van der Waals surface area contributed by atoms with E-state index in [4.69, 9.17) is 4.74 Å². The molecular formula is C27H24O4. The van der Waals surface area contributed by atoms with Gasteiger partial charge in [0.2, 0.25) is 0 Å². The van der Waals surface area contributed by atoms with Gasteiger partial charge in [-0.15, -0.1) is 13.2 Å². The normalized spacial score (nSPS) is 10.7. The van der Waals surface area contributed by atoms with E-state index in [2.05, 4.69) is 13.2 Å². The molecule has 0 amide bonds. The van der Waals surface area contributed by atoms with E-state index in [0.717, 1.165) is 11.1 Å². The number of phenolic OH excluding ortho intramolecular Hbond substituents is 2. The molecule has 0 saturated heterocycles. The molecule has 0 bridgehead atoms. The third kappa shape index (κ3) is 5.73. The van der Waals surface area contributed by atoms with Gasteiger partial charge in [0.25, 0.3) is 0 Å². The standard InChI is InChI=1S/C27H24O4/c1-3-6-19-10-13-25(29)23(17-19)24-18-20(7-4-2)11-14-26(24)31-27(30)15-12-21-8-5-9-22(28)16-21/h3-5,8-18,28-29H,1-2,6-7H2/b15-12+. The maximum atomic E-state index is 12.5. The molecule has 31 heavy (non-hydrogen) atoms. The Labute approximate surface area is 182 Å². The lowest BCUT2D eigenvalue weighted by Gasteiger charge is -2.13. The van der Waals surface area contributed by atoms with Crippen LogP contribution in [0.4, 0.5) is 0 Å². The first-order chi connectivity index (χ1) is 15.0. The van der Waals surface area contributed by atoms with Crippen LogP contribution in [0.1, 0.15) is 16.7 Å². The van der Waals surface area contributed by atoms with Crippen molar-refractivity contribution < 1.29 is 19.7 Å². The van der Waals surface area contributed by atoms with Gasteiger partial charge in [-0.1, -0.05) is 36.4 Å². The van der Waals surface area contributed by atoms with Crippen LogP contribution in [-0.2, 0) is 17.6 Å². The molecule has 2 N–H and O–H groups in total. The molecule has 0 saturated carbocycles. The first-order valence-electron chi connectivity index (χ1n) is 9.86. The van der Waals surface area contributed by atoms with Crippen LogP contribution < -0.4 is 4.74 Å².